The number of nitrogens with one attached hydrogen (secondary N) is 3. The van der Waals surface area contributed by atoms with Gasteiger partial charge in [0.15, 0.2) is 5.58 Å². The number of aromatic nitrogens is 1. The van der Waals surface area contributed by atoms with Crippen molar-refractivity contribution < 1.29 is 18.7 Å². The number of fused-ring (bicyclic) bond motifs is 2. The van der Waals surface area contributed by atoms with Gasteiger partial charge in [0.25, 0.3) is 0 Å². The summed E-state index contributed by atoms with van der Waals surface area (Å²) in [7, 11) is 1.38. The summed E-state index contributed by atoms with van der Waals surface area (Å²) >= 11 is 0. The van der Waals surface area contributed by atoms with Gasteiger partial charge in [-0.3, -0.25) is 19.6 Å². The molecule has 1 saturated heterocycles. The van der Waals surface area contributed by atoms with Crippen LogP contribution in [0.15, 0.2) is 33.5 Å². The van der Waals surface area contributed by atoms with E-state index in [9.17, 15) is 14.4 Å². The third kappa shape index (κ3) is 3.55. The molecule has 4 atom stereocenters. The molecule has 1 amide bonds. The molecule has 28 heavy (non-hydrogen) atoms. The minimum absolute atomic E-state index is 0.000391. The Labute approximate surface area is 161 Å². The van der Waals surface area contributed by atoms with E-state index in [0.29, 0.717) is 17.5 Å². The maximum Gasteiger partial charge on any atom is 0.419 e. The summed E-state index contributed by atoms with van der Waals surface area (Å²) in [6.07, 6.45) is 2.59. The quantitative estimate of drug-likeness (QED) is 0.631. The molecule has 2 fully saturated rings. The van der Waals surface area contributed by atoms with Gasteiger partial charge in [-0.2, -0.15) is 0 Å². The zero-order valence-corrected chi connectivity index (χ0v) is 15.6. The number of nitrogens with zero attached hydrogens (tertiary/aromatic N) is 1. The van der Waals surface area contributed by atoms with Gasteiger partial charge < -0.3 is 14.5 Å². The van der Waals surface area contributed by atoms with Crippen molar-refractivity contribution in [2.45, 2.75) is 50.4 Å². The number of ether oxygens (including phenoxy) is 1. The summed E-state index contributed by atoms with van der Waals surface area (Å²) in [5.74, 6) is -0.794. The molecule has 0 radical (unpaired) electrons. The first kappa shape index (κ1) is 18.7. The van der Waals surface area contributed by atoms with E-state index in [4.69, 9.17) is 9.15 Å². The van der Waals surface area contributed by atoms with E-state index in [1.165, 1.54) is 11.7 Å². The predicted molar refractivity (Wildman–Crippen MR) is 100 cm³/mol. The molecule has 150 valence electrons. The summed E-state index contributed by atoms with van der Waals surface area (Å²) in [6, 6.07) is 6.96. The van der Waals surface area contributed by atoms with Crippen molar-refractivity contribution in [2.75, 3.05) is 7.11 Å². The van der Waals surface area contributed by atoms with Gasteiger partial charge in [-0.05, 0) is 31.4 Å². The fourth-order valence-electron chi connectivity index (χ4n) is 4.29. The molecule has 2 aliphatic rings. The number of methoxy groups -OCH3 is 1. The Bertz CT molecular complexity index is 936. The molecule has 4 rings (SSSR count). The SMILES string of the molecule is COC(=O)C1NNC2CCC(NC(=O)CCn3c(=O)oc4ccccc43)CC21. The molecule has 2 aromatic rings. The molecule has 9 nitrogen and oxygen atoms in total. The molecule has 1 saturated carbocycles. The second-order valence-electron chi connectivity index (χ2n) is 7.37. The maximum atomic E-state index is 12.4. The number of hydrogen-bond donors (Lipinski definition) is 3. The highest BCUT2D eigenvalue weighted by Crippen LogP contribution is 2.31. The van der Waals surface area contributed by atoms with E-state index in [2.05, 4.69) is 16.2 Å². The van der Waals surface area contributed by atoms with E-state index in [-0.39, 0.29) is 42.8 Å². The third-order valence-electron chi connectivity index (χ3n) is 5.71. The number of hydrogen-bond acceptors (Lipinski definition) is 7. The molecule has 4 unspecified atom stereocenters. The van der Waals surface area contributed by atoms with Crippen LogP contribution in [0.1, 0.15) is 25.7 Å². The number of benzene rings is 1. The van der Waals surface area contributed by atoms with Gasteiger partial charge in [-0.25, -0.2) is 10.2 Å². The molecule has 1 aliphatic heterocycles. The van der Waals surface area contributed by atoms with Gasteiger partial charge in [0.05, 0.1) is 12.6 Å². The second-order valence-corrected chi connectivity index (χ2v) is 7.37. The standard InChI is InChI=1S/C19H24N4O5/c1-27-18(25)17-12-10-11(6-7-13(12)21-22-17)20-16(24)8-9-23-14-4-2-3-5-15(14)28-19(23)26/h2-5,11-13,17,21-22H,6-10H2,1H3,(H,20,24). The van der Waals surface area contributed by atoms with Gasteiger partial charge in [0.1, 0.15) is 6.04 Å². The fraction of sp³-hybridized carbons (Fsp3) is 0.526. The predicted octanol–water partition coefficient (Wildman–Crippen LogP) is 0.287. The first-order valence-corrected chi connectivity index (χ1v) is 9.53. The monoisotopic (exact) mass is 388 g/mol. The van der Waals surface area contributed by atoms with E-state index < -0.39 is 11.8 Å². The Hall–Kier alpha value is -2.65. The molecule has 1 aliphatic carbocycles. The Morgan fingerprint density at radius 1 is 1.29 bits per heavy atom. The summed E-state index contributed by atoms with van der Waals surface area (Å²) in [5, 5.41) is 3.05. The minimum Gasteiger partial charge on any atom is -0.468 e. The normalized spacial score (nSPS) is 26.8. The number of carbonyl (C=O) groups excluding carboxylic acids is 2. The fourth-order valence-corrected chi connectivity index (χ4v) is 4.29. The van der Waals surface area contributed by atoms with Crippen LogP contribution in [0.4, 0.5) is 0 Å². The maximum absolute atomic E-state index is 12.4. The van der Waals surface area contributed by atoms with Crippen molar-refractivity contribution in [3.05, 3.63) is 34.8 Å². The van der Waals surface area contributed by atoms with E-state index in [0.717, 1.165) is 12.8 Å². The van der Waals surface area contributed by atoms with Crippen molar-refractivity contribution in [2.24, 2.45) is 5.92 Å². The average Bonchev–Trinajstić information content (AvgIpc) is 3.25. The Balaban J connectivity index is 1.34. The number of rotatable bonds is 5. The molecule has 1 aromatic carbocycles. The number of hydrazine groups is 1. The first-order valence-electron chi connectivity index (χ1n) is 9.53. The number of carbonyl (C=O) groups is 2. The second kappa shape index (κ2) is 7.76. The van der Waals surface area contributed by atoms with Gasteiger partial charge >= 0.3 is 11.7 Å². The molecule has 0 spiro atoms. The molecular weight excluding hydrogens is 364 g/mol. The molecule has 2 heterocycles. The number of oxazole rings is 1. The van der Waals surface area contributed by atoms with E-state index in [1.54, 1.807) is 18.2 Å². The Kier molecular flexibility index (Phi) is 5.19. The van der Waals surface area contributed by atoms with Crippen molar-refractivity contribution >= 4 is 23.0 Å². The lowest BCUT2D eigenvalue weighted by atomic mass is 9.79. The molecule has 9 heteroatoms. The van der Waals surface area contributed by atoms with Crippen LogP contribution in [0.5, 0.6) is 0 Å². The number of para-hydroxylation sites is 2. The summed E-state index contributed by atoms with van der Waals surface area (Å²) in [5.41, 5.74) is 7.36. The van der Waals surface area contributed by atoms with Crippen molar-refractivity contribution in [3.63, 3.8) is 0 Å². The highest BCUT2D eigenvalue weighted by molar-refractivity contribution is 5.78. The average molecular weight is 388 g/mol. The topological polar surface area (TPSA) is 115 Å². The van der Waals surface area contributed by atoms with E-state index in [1.807, 2.05) is 6.07 Å². The lowest BCUT2D eigenvalue weighted by Crippen LogP contribution is -2.46. The Morgan fingerprint density at radius 2 is 2.11 bits per heavy atom. The lowest BCUT2D eigenvalue weighted by Gasteiger charge is -2.32. The largest absolute Gasteiger partial charge is 0.468 e. The lowest BCUT2D eigenvalue weighted by molar-refractivity contribution is -0.144. The van der Waals surface area contributed by atoms with Crippen LogP contribution < -0.4 is 21.9 Å². The van der Waals surface area contributed by atoms with Gasteiger partial charge in [-0.1, -0.05) is 12.1 Å². The smallest absolute Gasteiger partial charge is 0.419 e. The first-order chi connectivity index (χ1) is 13.6. The Morgan fingerprint density at radius 3 is 2.93 bits per heavy atom. The summed E-state index contributed by atoms with van der Waals surface area (Å²) in [6.45, 7) is 0.258. The summed E-state index contributed by atoms with van der Waals surface area (Å²) < 4.78 is 11.5. The van der Waals surface area contributed by atoms with Gasteiger partial charge in [-0.15, -0.1) is 0 Å². The third-order valence-corrected chi connectivity index (χ3v) is 5.71. The molecular formula is C19H24N4O5. The van der Waals surface area contributed by atoms with Crippen LogP contribution >= 0.6 is 0 Å². The van der Waals surface area contributed by atoms with Crippen LogP contribution in [0.25, 0.3) is 11.1 Å². The van der Waals surface area contributed by atoms with Crippen LogP contribution in [0.3, 0.4) is 0 Å². The zero-order valence-electron chi connectivity index (χ0n) is 15.6. The molecule has 1 aromatic heterocycles. The molecule has 3 N–H and O–H groups in total. The van der Waals surface area contributed by atoms with Crippen molar-refractivity contribution in [3.8, 4) is 0 Å². The van der Waals surface area contributed by atoms with Gasteiger partial charge in [0, 0.05) is 31.0 Å². The van der Waals surface area contributed by atoms with E-state index >= 15 is 0 Å². The van der Waals surface area contributed by atoms with Crippen LogP contribution in [-0.4, -0.2) is 41.7 Å². The number of aryl methyl sites for hydroxylation is 1. The zero-order chi connectivity index (χ0) is 19.7. The van der Waals surface area contributed by atoms with Crippen molar-refractivity contribution in [1.29, 1.82) is 0 Å². The van der Waals surface area contributed by atoms with Crippen molar-refractivity contribution in [1.82, 2.24) is 20.7 Å². The van der Waals surface area contributed by atoms with Crippen LogP contribution in [-0.2, 0) is 20.9 Å². The highest BCUT2D eigenvalue weighted by atomic mass is 16.5. The van der Waals surface area contributed by atoms with Crippen LogP contribution in [0, 0.1) is 5.92 Å². The van der Waals surface area contributed by atoms with Crippen LogP contribution in [0.2, 0.25) is 0 Å². The number of amides is 1. The minimum atomic E-state index is -0.460. The molecule has 0 bridgehead atoms. The summed E-state index contributed by atoms with van der Waals surface area (Å²) in [4.78, 5) is 36.4. The van der Waals surface area contributed by atoms with Gasteiger partial charge in [0.2, 0.25) is 5.91 Å². The number of esters is 1. The highest BCUT2D eigenvalue weighted by Gasteiger charge is 2.44.